The van der Waals surface area contributed by atoms with Gasteiger partial charge < -0.3 is 10.1 Å². The Kier molecular flexibility index (Phi) is 5.44. The first-order valence-electron chi connectivity index (χ1n) is 7.32. The highest BCUT2D eigenvalue weighted by Crippen LogP contribution is 2.32. The summed E-state index contributed by atoms with van der Waals surface area (Å²) >= 11 is 2.07. The Morgan fingerprint density at radius 1 is 1.42 bits per heavy atom. The van der Waals surface area contributed by atoms with Crippen molar-refractivity contribution in [2.75, 3.05) is 17.7 Å². The fraction of sp³-hybridized carbons (Fsp3) is 0.625. The predicted octanol–water partition coefficient (Wildman–Crippen LogP) is 4.48. The second-order valence-corrected chi connectivity index (χ2v) is 6.80. The van der Waals surface area contributed by atoms with Crippen molar-refractivity contribution in [2.45, 2.75) is 51.3 Å². The van der Waals surface area contributed by atoms with Gasteiger partial charge in [-0.3, -0.25) is 0 Å². The van der Waals surface area contributed by atoms with E-state index in [9.17, 15) is 0 Å². The van der Waals surface area contributed by atoms with Gasteiger partial charge in [-0.15, -0.1) is 0 Å². The van der Waals surface area contributed by atoms with Crippen molar-refractivity contribution in [3.05, 3.63) is 23.8 Å². The molecule has 3 heteroatoms. The molecule has 1 aliphatic rings. The molecule has 1 aromatic carbocycles. The highest BCUT2D eigenvalue weighted by atomic mass is 32.2. The first-order chi connectivity index (χ1) is 9.20. The molecule has 2 unspecified atom stereocenters. The molecule has 0 amide bonds. The van der Waals surface area contributed by atoms with E-state index in [1.807, 2.05) is 0 Å². The number of hydrogen-bond acceptors (Lipinski definition) is 3. The molecule has 0 radical (unpaired) electrons. The van der Waals surface area contributed by atoms with E-state index in [-0.39, 0.29) is 0 Å². The molecule has 0 aromatic heterocycles. The van der Waals surface area contributed by atoms with Crippen LogP contribution in [0.3, 0.4) is 0 Å². The molecular formula is C16H25NOS. The molecule has 1 N–H and O–H groups in total. The Balaban J connectivity index is 2.09. The molecule has 2 nitrogen and oxygen atoms in total. The van der Waals surface area contributed by atoms with Crippen LogP contribution < -0.4 is 10.1 Å². The van der Waals surface area contributed by atoms with E-state index in [0.717, 1.165) is 24.5 Å². The second kappa shape index (κ2) is 7.09. The van der Waals surface area contributed by atoms with Gasteiger partial charge in [0.2, 0.25) is 0 Å². The quantitative estimate of drug-likeness (QED) is 0.858. The third-order valence-electron chi connectivity index (χ3n) is 3.55. The Morgan fingerprint density at radius 2 is 2.26 bits per heavy atom. The van der Waals surface area contributed by atoms with Gasteiger partial charge in [0.05, 0.1) is 12.3 Å². The molecule has 1 aliphatic heterocycles. The molecule has 1 saturated heterocycles. The average molecular weight is 279 g/mol. The van der Waals surface area contributed by atoms with Crippen LogP contribution in [0.4, 0.5) is 5.69 Å². The van der Waals surface area contributed by atoms with Crippen LogP contribution in [-0.2, 0) is 0 Å². The van der Waals surface area contributed by atoms with Gasteiger partial charge in [0, 0.05) is 11.3 Å². The lowest BCUT2D eigenvalue weighted by molar-refractivity contribution is 0.318. The smallest absolute Gasteiger partial charge is 0.142 e. The fourth-order valence-corrected chi connectivity index (χ4v) is 3.53. The van der Waals surface area contributed by atoms with Crippen LogP contribution in [0, 0.1) is 6.92 Å². The third-order valence-corrected chi connectivity index (χ3v) is 4.93. The van der Waals surface area contributed by atoms with E-state index in [1.54, 1.807) is 0 Å². The standard InChI is InChI=1S/C16H25NOS/c1-4-9-18-16-11-12(2)7-8-15(16)17-14-6-5-10-19-13(14)3/h7-8,11,13-14,17H,4-6,9-10H2,1-3H3. The zero-order valence-electron chi connectivity index (χ0n) is 12.2. The van der Waals surface area contributed by atoms with Crippen molar-refractivity contribution in [3.8, 4) is 5.75 Å². The number of anilines is 1. The lowest BCUT2D eigenvalue weighted by atomic mass is 10.1. The molecule has 0 aliphatic carbocycles. The Morgan fingerprint density at radius 3 is 3.00 bits per heavy atom. The van der Waals surface area contributed by atoms with E-state index in [1.165, 1.54) is 24.2 Å². The maximum absolute atomic E-state index is 5.87. The zero-order chi connectivity index (χ0) is 13.7. The molecule has 106 valence electrons. The summed E-state index contributed by atoms with van der Waals surface area (Å²) in [4.78, 5) is 0. The Hall–Kier alpha value is -0.830. The molecule has 0 saturated carbocycles. The first kappa shape index (κ1) is 14.6. The lowest BCUT2D eigenvalue weighted by Gasteiger charge is -2.30. The van der Waals surface area contributed by atoms with Crippen LogP contribution in [-0.4, -0.2) is 23.7 Å². The van der Waals surface area contributed by atoms with Crippen molar-refractivity contribution < 1.29 is 4.74 Å². The number of aryl methyl sites for hydroxylation is 1. The van der Waals surface area contributed by atoms with Gasteiger partial charge in [-0.2, -0.15) is 11.8 Å². The topological polar surface area (TPSA) is 21.3 Å². The number of ether oxygens (including phenoxy) is 1. The maximum Gasteiger partial charge on any atom is 0.142 e. The van der Waals surface area contributed by atoms with Crippen LogP contribution >= 0.6 is 11.8 Å². The normalized spacial score (nSPS) is 23.1. The summed E-state index contributed by atoms with van der Waals surface area (Å²) in [6.07, 6.45) is 3.61. The van der Waals surface area contributed by atoms with E-state index in [2.05, 4.69) is 56.0 Å². The van der Waals surface area contributed by atoms with Gasteiger partial charge in [0.1, 0.15) is 5.75 Å². The van der Waals surface area contributed by atoms with E-state index >= 15 is 0 Å². The Labute approximate surface area is 121 Å². The fourth-order valence-electron chi connectivity index (χ4n) is 2.39. The van der Waals surface area contributed by atoms with Gasteiger partial charge in [-0.25, -0.2) is 0 Å². The predicted molar refractivity (Wildman–Crippen MR) is 85.5 cm³/mol. The van der Waals surface area contributed by atoms with Crippen LogP contribution in [0.2, 0.25) is 0 Å². The van der Waals surface area contributed by atoms with Gasteiger partial charge in [0.15, 0.2) is 0 Å². The zero-order valence-corrected chi connectivity index (χ0v) is 13.1. The van der Waals surface area contributed by atoms with Crippen molar-refractivity contribution in [3.63, 3.8) is 0 Å². The lowest BCUT2D eigenvalue weighted by Crippen LogP contribution is -2.32. The summed E-state index contributed by atoms with van der Waals surface area (Å²) in [6, 6.07) is 7.01. The summed E-state index contributed by atoms with van der Waals surface area (Å²) in [5.74, 6) is 2.30. The molecule has 2 rings (SSSR count). The van der Waals surface area contributed by atoms with E-state index < -0.39 is 0 Å². The SMILES string of the molecule is CCCOc1cc(C)ccc1NC1CCCSC1C. The summed E-state index contributed by atoms with van der Waals surface area (Å²) in [5, 5.41) is 4.36. The largest absolute Gasteiger partial charge is 0.491 e. The summed E-state index contributed by atoms with van der Waals surface area (Å²) in [7, 11) is 0. The monoisotopic (exact) mass is 279 g/mol. The minimum Gasteiger partial charge on any atom is -0.491 e. The van der Waals surface area contributed by atoms with Gasteiger partial charge in [-0.05, 0) is 49.6 Å². The second-order valence-electron chi connectivity index (χ2n) is 5.32. The highest BCUT2D eigenvalue weighted by molar-refractivity contribution is 8.00. The minimum atomic E-state index is 0.561. The molecule has 0 spiro atoms. The van der Waals surface area contributed by atoms with E-state index in [0.29, 0.717) is 11.3 Å². The van der Waals surface area contributed by atoms with Crippen LogP contribution in [0.1, 0.15) is 38.7 Å². The van der Waals surface area contributed by atoms with Gasteiger partial charge in [0.25, 0.3) is 0 Å². The third kappa shape index (κ3) is 4.07. The molecule has 2 atom stereocenters. The van der Waals surface area contributed by atoms with Crippen molar-refractivity contribution in [2.24, 2.45) is 0 Å². The molecule has 19 heavy (non-hydrogen) atoms. The summed E-state index contributed by atoms with van der Waals surface area (Å²) in [6.45, 7) is 7.36. The Bertz CT molecular complexity index is 408. The number of hydrogen-bond donors (Lipinski definition) is 1. The number of thioether (sulfide) groups is 1. The average Bonchev–Trinajstić information content (AvgIpc) is 2.41. The van der Waals surface area contributed by atoms with E-state index in [4.69, 9.17) is 4.74 Å². The van der Waals surface area contributed by atoms with Crippen LogP contribution in [0.5, 0.6) is 5.75 Å². The first-order valence-corrected chi connectivity index (χ1v) is 8.37. The number of nitrogens with one attached hydrogen (secondary N) is 1. The van der Waals surface area contributed by atoms with Crippen molar-refractivity contribution in [1.82, 2.24) is 0 Å². The van der Waals surface area contributed by atoms with Crippen LogP contribution in [0.25, 0.3) is 0 Å². The maximum atomic E-state index is 5.87. The van der Waals surface area contributed by atoms with Crippen molar-refractivity contribution >= 4 is 17.4 Å². The molecule has 1 aromatic rings. The summed E-state index contributed by atoms with van der Waals surface area (Å²) < 4.78 is 5.87. The number of benzene rings is 1. The van der Waals surface area contributed by atoms with Crippen molar-refractivity contribution in [1.29, 1.82) is 0 Å². The minimum absolute atomic E-state index is 0.561. The summed E-state index contributed by atoms with van der Waals surface area (Å²) in [5.41, 5.74) is 2.40. The highest BCUT2D eigenvalue weighted by Gasteiger charge is 2.22. The van der Waals surface area contributed by atoms with Gasteiger partial charge in [-0.1, -0.05) is 19.9 Å². The molecule has 1 heterocycles. The molecule has 0 bridgehead atoms. The number of rotatable bonds is 5. The molecule has 1 fully saturated rings. The van der Waals surface area contributed by atoms with Crippen LogP contribution in [0.15, 0.2) is 18.2 Å². The molecular weight excluding hydrogens is 254 g/mol. The van der Waals surface area contributed by atoms with Gasteiger partial charge >= 0.3 is 0 Å².